The van der Waals surface area contributed by atoms with Crippen molar-refractivity contribution in [2.75, 3.05) is 0 Å². The molecule has 1 saturated heterocycles. The number of thioether (sulfide) groups is 1. The molecule has 2 atom stereocenters. The number of fused-ring (bicyclic) bond motifs is 1. The predicted octanol–water partition coefficient (Wildman–Crippen LogP) is 2.73. The number of nitrogens with one attached hydrogen (secondary N) is 2. The molecule has 2 aromatic rings. The first-order valence-electron chi connectivity index (χ1n) is 6.22. The van der Waals surface area contributed by atoms with Gasteiger partial charge in [-0.1, -0.05) is 18.2 Å². The molecule has 2 heterocycles. The van der Waals surface area contributed by atoms with Crippen molar-refractivity contribution in [2.45, 2.75) is 30.0 Å². The van der Waals surface area contributed by atoms with Gasteiger partial charge in [0.25, 0.3) is 0 Å². The second-order valence-corrected chi connectivity index (χ2v) is 7.09. The lowest BCUT2D eigenvalue weighted by molar-refractivity contribution is -0.139. The van der Waals surface area contributed by atoms with Crippen molar-refractivity contribution in [1.29, 1.82) is 0 Å². The summed E-state index contributed by atoms with van der Waals surface area (Å²) in [6, 6.07) is 7.54. The minimum Gasteiger partial charge on any atom is -0.480 e. The van der Waals surface area contributed by atoms with Crippen molar-refractivity contribution in [3.63, 3.8) is 0 Å². The number of benzene rings is 1. The minimum absolute atomic E-state index is 0.00671. The van der Waals surface area contributed by atoms with Crippen molar-refractivity contribution in [3.05, 3.63) is 36.0 Å². The van der Waals surface area contributed by atoms with Gasteiger partial charge in [0.15, 0.2) is 0 Å². The van der Waals surface area contributed by atoms with Gasteiger partial charge in [-0.15, -0.1) is 11.8 Å². The second-order valence-electron chi connectivity index (χ2n) is 5.33. The lowest BCUT2D eigenvalue weighted by Crippen LogP contribution is -2.43. The number of rotatable bonds is 2. The van der Waals surface area contributed by atoms with E-state index in [4.69, 9.17) is 0 Å². The van der Waals surface area contributed by atoms with Gasteiger partial charge in [0, 0.05) is 27.4 Å². The summed E-state index contributed by atoms with van der Waals surface area (Å²) in [5, 5.41) is 13.7. The topological polar surface area (TPSA) is 65.1 Å². The van der Waals surface area contributed by atoms with Gasteiger partial charge in [-0.25, -0.2) is 0 Å². The van der Waals surface area contributed by atoms with Gasteiger partial charge < -0.3 is 10.1 Å². The van der Waals surface area contributed by atoms with Gasteiger partial charge >= 0.3 is 5.97 Å². The molecule has 0 spiro atoms. The molecule has 1 aromatic carbocycles. The summed E-state index contributed by atoms with van der Waals surface area (Å²) < 4.78 is -0.325. The number of aromatic amines is 1. The smallest absolute Gasteiger partial charge is 0.322 e. The first-order valence-corrected chi connectivity index (χ1v) is 7.10. The summed E-state index contributed by atoms with van der Waals surface area (Å²) in [4.78, 5) is 14.5. The van der Waals surface area contributed by atoms with Crippen LogP contribution in [0.2, 0.25) is 0 Å². The van der Waals surface area contributed by atoms with E-state index in [2.05, 4.69) is 16.4 Å². The molecule has 3 rings (SSSR count). The Labute approximate surface area is 115 Å². The maximum Gasteiger partial charge on any atom is 0.322 e. The number of hydrogen-bond acceptors (Lipinski definition) is 3. The van der Waals surface area contributed by atoms with E-state index >= 15 is 0 Å². The number of H-pyrrole nitrogens is 1. The molecule has 1 aliphatic rings. The Morgan fingerprint density at radius 2 is 2.11 bits per heavy atom. The van der Waals surface area contributed by atoms with E-state index < -0.39 is 12.0 Å². The fourth-order valence-electron chi connectivity index (χ4n) is 2.59. The molecule has 0 bridgehead atoms. The molecule has 3 N–H and O–H groups in total. The van der Waals surface area contributed by atoms with E-state index in [1.54, 1.807) is 11.8 Å². The summed E-state index contributed by atoms with van der Waals surface area (Å²) in [6.45, 7) is 3.94. The van der Waals surface area contributed by atoms with Crippen LogP contribution in [-0.4, -0.2) is 26.8 Å². The fourth-order valence-corrected chi connectivity index (χ4v) is 4.03. The normalized spacial score (nSPS) is 25.8. The molecule has 19 heavy (non-hydrogen) atoms. The maximum absolute atomic E-state index is 11.3. The summed E-state index contributed by atoms with van der Waals surface area (Å²) in [7, 11) is 0. The third-order valence-electron chi connectivity index (χ3n) is 3.59. The Balaban J connectivity index is 1.98. The van der Waals surface area contributed by atoms with Crippen LogP contribution in [0.3, 0.4) is 0 Å². The highest BCUT2D eigenvalue weighted by Crippen LogP contribution is 2.47. The van der Waals surface area contributed by atoms with Crippen molar-refractivity contribution in [2.24, 2.45) is 0 Å². The van der Waals surface area contributed by atoms with Gasteiger partial charge in [-0.2, -0.15) is 0 Å². The number of carbonyl (C=O) groups is 1. The van der Waals surface area contributed by atoms with Crippen LogP contribution in [0, 0.1) is 0 Å². The molecule has 0 saturated carbocycles. The monoisotopic (exact) mass is 276 g/mol. The highest BCUT2D eigenvalue weighted by atomic mass is 32.2. The van der Waals surface area contributed by atoms with E-state index in [1.807, 2.05) is 38.2 Å². The second kappa shape index (κ2) is 4.28. The number of carboxylic acids is 1. The Morgan fingerprint density at radius 1 is 1.37 bits per heavy atom. The molecular weight excluding hydrogens is 260 g/mol. The molecule has 5 heteroatoms. The SMILES string of the molecule is CC1(C)SC(c2c[nH]c3ccccc23)N[C@H]1C(=O)O. The van der Waals surface area contributed by atoms with Gasteiger partial charge in [-0.05, 0) is 19.9 Å². The van der Waals surface area contributed by atoms with Crippen LogP contribution in [0.5, 0.6) is 0 Å². The van der Waals surface area contributed by atoms with Crippen LogP contribution in [0.1, 0.15) is 24.8 Å². The summed E-state index contributed by atoms with van der Waals surface area (Å²) >= 11 is 1.66. The van der Waals surface area contributed by atoms with Crippen molar-refractivity contribution < 1.29 is 9.90 Å². The van der Waals surface area contributed by atoms with Crippen LogP contribution in [0.4, 0.5) is 0 Å². The Morgan fingerprint density at radius 3 is 2.79 bits per heavy atom. The fraction of sp³-hybridized carbons (Fsp3) is 0.357. The summed E-state index contributed by atoms with van der Waals surface area (Å²) in [5.74, 6) is -0.792. The third-order valence-corrected chi connectivity index (χ3v) is 5.05. The zero-order valence-electron chi connectivity index (χ0n) is 10.8. The Bertz CT molecular complexity index is 635. The van der Waals surface area contributed by atoms with Crippen molar-refractivity contribution >= 4 is 28.6 Å². The number of para-hydroxylation sites is 1. The van der Waals surface area contributed by atoms with E-state index in [1.165, 1.54) is 0 Å². The van der Waals surface area contributed by atoms with Crippen molar-refractivity contribution in [1.82, 2.24) is 10.3 Å². The van der Waals surface area contributed by atoms with Gasteiger partial charge in [0.2, 0.25) is 0 Å². The van der Waals surface area contributed by atoms with Crippen LogP contribution in [0.25, 0.3) is 10.9 Å². The quantitative estimate of drug-likeness (QED) is 0.789. The molecule has 0 radical (unpaired) electrons. The molecular formula is C14H16N2O2S. The lowest BCUT2D eigenvalue weighted by Gasteiger charge is -2.20. The average molecular weight is 276 g/mol. The number of hydrogen-bond donors (Lipinski definition) is 3. The Kier molecular flexibility index (Phi) is 2.83. The van der Waals surface area contributed by atoms with Gasteiger partial charge in [0.05, 0.1) is 5.37 Å². The minimum atomic E-state index is -0.792. The average Bonchev–Trinajstić information content (AvgIpc) is 2.89. The molecule has 1 aromatic heterocycles. The first kappa shape index (κ1) is 12.6. The molecule has 4 nitrogen and oxygen atoms in total. The van der Waals surface area contributed by atoms with Crippen LogP contribution in [0.15, 0.2) is 30.5 Å². The molecule has 1 unspecified atom stereocenters. The van der Waals surface area contributed by atoms with E-state index in [-0.39, 0.29) is 10.1 Å². The number of carboxylic acid groups (broad SMARTS) is 1. The standard InChI is InChI=1S/C14H16N2O2S/c1-14(2)11(13(17)18)16-12(19-14)9-7-15-10-6-4-3-5-8(9)10/h3-7,11-12,15-16H,1-2H3,(H,17,18)/t11-,12?/m0/s1. The number of aromatic nitrogens is 1. The zero-order valence-corrected chi connectivity index (χ0v) is 11.6. The van der Waals surface area contributed by atoms with E-state index in [9.17, 15) is 9.90 Å². The lowest BCUT2D eigenvalue weighted by atomic mass is 10.0. The predicted molar refractivity (Wildman–Crippen MR) is 77.3 cm³/mol. The van der Waals surface area contributed by atoms with Gasteiger partial charge in [0.1, 0.15) is 6.04 Å². The number of aliphatic carboxylic acids is 1. The first-order chi connectivity index (χ1) is 8.99. The zero-order chi connectivity index (χ0) is 13.6. The maximum atomic E-state index is 11.3. The highest BCUT2D eigenvalue weighted by Gasteiger charge is 2.46. The van der Waals surface area contributed by atoms with Crippen LogP contribution in [-0.2, 0) is 4.79 Å². The molecule has 100 valence electrons. The molecule has 1 aliphatic heterocycles. The van der Waals surface area contributed by atoms with Crippen molar-refractivity contribution in [3.8, 4) is 0 Å². The van der Waals surface area contributed by atoms with Crippen LogP contribution < -0.4 is 5.32 Å². The third kappa shape index (κ3) is 2.03. The summed E-state index contributed by atoms with van der Waals surface area (Å²) in [6.07, 6.45) is 1.97. The van der Waals surface area contributed by atoms with E-state index in [0.717, 1.165) is 16.5 Å². The Hall–Kier alpha value is -1.46. The highest BCUT2D eigenvalue weighted by molar-refractivity contribution is 8.01. The van der Waals surface area contributed by atoms with Crippen LogP contribution >= 0.6 is 11.8 Å². The van der Waals surface area contributed by atoms with Gasteiger partial charge in [-0.3, -0.25) is 10.1 Å². The molecule has 0 aliphatic carbocycles. The van der Waals surface area contributed by atoms with E-state index in [0.29, 0.717) is 0 Å². The molecule has 1 fully saturated rings. The largest absolute Gasteiger partial charge is 0.480 e. The summed E-state index contributed by atoms with van der Waals surface area (Å²) in [5.41, 5.74) is 2.20. The molecule has 0 amide bonds.